The Labute approximate surface area is 245 Å². The van der Waals surface area contributed by atoms with Crippen molar-refractivity contribution in [2.75, 3.05) is 0 Å². The number of carboxylic acid groups (broad SMARTS) is 1. The van der Waals surface area contributed by atoms with Gasteiger partial charge >= 0.3 is 11.9 Å². The summed E-state index contributed by atoms with van der Waals surface area (Å²) in [6.07, 6.45) is 1.47. The SMILES string of the molecule is CC1=C(C(=O)OC(C)C)[C@H](c2ccc(Cl)cc2)n2c(s/c(=C\c3cc(C)n(-c4cccc(C(=O)O)c4)c3C)c2=O)=N1. The lowest BCUT2D eigenvalue weighted by molar-refractivity contribution is -0.143. The number of halogens is 1. The first-order chi connectivity index (χ1) is 19.5. The molecule has 0 saturated carbocycles. The van der Waals surface area contributed by atoms with Crippen molar-refractivity contribution in [2.24, 2.45) is 4.99 Å². The van der Waals surface area contributed by atoms with Crippen LogP contribution >= 0.6 is 22.9 Å². The number of hydrogen-bond donors (Lipinski definition) is 1. The Kier molecular flexibility index (Phi) is 7.59. The molecule has 2 aromatic heterocycles. The standard InChI is InChI=1S/C31H28ClN3O5S/c1-16(2)40-30(39)26-18(4)33-31-35(27(26)20-9-11-23(32)12-10-20)28(36)25(41-31)15-22-13-17(3)34(19(22)5)24-8-6-7-21(14-24)29(37)38/h6-16,27H,1-5H3,(H,37,38)/b25-15-/t27-/m0/s1. The highest BCUT2D eigenvalue weighted by Gasteiger charge is 2.33. The monoisotopic (exact) mass is 589 g/mol. The lowest BCUT2D eigenvalue weighted by Crippen LogP contribution is -2.40. The lowest BCUT2D eigenvalue weighted by Gasteiger charge is -2.25. The van der Waals surface area contributed by atoms with Gasteiger partial charge in [0.15, 0.2) is 4.80 Å². The number of esters is 1. The van der Waals surface area contributed by atoms with E-state index in [9.17, 15) is 19.5 Å². The number of carbonyl (C=O) groups excluding carboxylic acids is 1. The molecule has 5 rings (SSSR count). The van der Waals surface area contributed by atoms with Crippen molar-refractivity contribution in [1.29, 1.82) is 0 Å². The molecule has 2 aromatic carbocycles. The van der Waals surface area contributed by atoms with Crippen molar-refractivity contribution in [2.45, 2.75) is 46.8 Å². The Morgan fingerprint density at radius 3 is 2.46 bits per heavy atom. The van der Waals surface area contributed by atoms with Gasteiger partial charge in [0.2, 0.25) is 0 Å². The number of aromatic carboxylic acids is 1. The number of thiazole rings is 1. The Balaban J connectivity index is 1.67. The lowest BCUT2D eigenvalue weighted by atomic mass is 9.96. The Morgan fingerprint density at radius 2 is 1.80 bits per heavy atom. The van der Waals surface area contributed by atoms with Crippen molar-refractivity contribution in [3.05, 3.63) is 119 Å². The molecule has 0 unspecified atom stereocenters. The second kappa shape index (κ2) is 11.0. The third kappa shape index (κ3) is 5.30. The van der Waals surface area contributed by atoms with Gasteiger partial charge < -0.3 is 14.4 Å². The summed E-state index contributed by atoms with van der Waals surface area (Å²) in [6.45, 7) is 9.14. The van der Waals surface area contributed by atoms with Crippen LogP contribution in [0.25, 0.3) is 11.8 Å². The highest BCUT2D eigenvalue weighted by molar-refractivity contribution is 7.07. The van der Waals surface area contributed by atoms with Crippen molar-refractivity contribution in [1.82, 2.24) is 9.13 Å². The second-order valence-electron chi connectivity index (χ2n) is 10.1. The zero-order chi connectivity index (χ0) is 29.6. The number of nitrogens with zero attached hydrogens (tertiary/aromatic N) is 3. The highest BCUT2D eigenvalue weighted by Crippen LogP contribution is 2.31. The number of fused-ring (bicyclic) bond motifs is 1. The van der Waals surface area contributed by atoms with Crippen molar-refractivity contribution < 1.29 is 19.4 Å². The number of carboxylic acids is 1. The van der Waals surface area contributed by atoms with Gasteiger partial charge in [-0.3, -0.25) is 9.36 Å². The van der Waals surface area contributed by atoms with Gasteiger partial charge in [-0.1, -0.05) is 41.1 Å². The summed E-state index contributed by atoms with van der Waals surface area (Å²) in [6, 6.07) is 15.0. The molecule has 8 nitrogen and oxygen atoms in total. The molecule has 0 spiro atoms. The van der Waals surface area contributed by atoms with Crippen LogP contribution in [-0.4, -0.2) is 32.3 Å². The average Bonchev–Trinajstić information content (AvgIpc) is 3.37. The van der Waals surface area contributed by atoms with E-state index in [2.05, 4.69) is 4.99 Å². The van der Waals surface area contributed by atoms with Gasteiger partial charge in [-0.15, -0.1) is 0 Å². The molecule has 10 heteroatoms. The number of benzene rings is 2. The van der Waals surface area contributed by atoms with E-state index < -0.39 is 18.0 Å². The molecule has 0 amide bonds. The quantitative estimate of drug-likeness (QED) is 0.321. The third-order valence-electron chi connectivity index (χ3n) is 6.88. The number of ether oxygens (including phenoxy) is 1. The summed E-state index contributed by atoms with van der Waals surface area (Å²) in [5.74, 6) is -1.53. The van der Waals surface area contributed by atoms with Gasteiger partial charge in [-0.2, -0.15) is 0 Å². The Morgan fingerprint density at radius 1 is 1.10 bits per heavy atom. The predicted octanol–water partition coefficient (Wildman–Crippen LogP) is 4.95. The van der Waals surface area contributed by atoms with E-state index in [0.717, 1.165) is 17.0 Å². The average molecular weight is 590 g/mol. The summed E-state index contributed by atoms with van der Waals surface area (Å²) < 4.78 is 9.50. The van der Waals surface area contributed by atoms with Crippen LogP contribution in [0.3, 0.4) is 0 Å². The molecule has 0 aliphatic carbocycles. The van der Waals surface area contributed by atoms with Gasteiger partial charge in [0.05, 0.1) is 33.5 Å². The molecule has 4 aromatic rings. The molecule has 41 heavy (non-hydrogen) atoms. The molecule has 1 aliphatic heterocycles. The molecule has 210 valence electrons. The van der Waals surface area contributed by atoms with E-state index in [0.29, 0.717) is 36.9 Å². The van der Waals surface area contributed by atoms with E-state index in [4.69, 9.17) is 16.3 Å². The van der Waals surface area contributed by atoms with Crippen molar-refractivity contribution in [3.63, 3.8) is 0 Å². The molecule has 3 heterocycles. The maximum atomic E-state index is 14.0. The van der Waals surface area contributed by atoms with Crippen LogP contribution < -0.4 is 14.9 Å². The molecule has 1 atom stereocenters. The highest BCUT2D eigenvalue weighted by atomic mass is 35.5. The normalized spacial score (nSPS) is 15.2. The zero-order valence-electron chi connectivity index (χ0n) is 23.1. The second-order valence-corrected chi connectivity index (χ2v) is 11.6. The van der Waals surface area contributed by atoms with E-state index in [1.807, 2.05) is 36.6 Å². The van der Waals surface area contributed by atoms with Gasteiger partial charge in [-0.25, -0.2) is 14.6 Å². The first kappa shape index (κ1) is 28.3. The Bertz CT molecular complexity index is 1910. The number of rotatable bonds is 6. The van der Waals surface area contributed by atoms with Crippen LogP contribution in [-0.2, 0) is 9.53 Å². The summed E-state index contributed by atoms with van der Waals surface area (Å²) >= 11 is 7.39. The summed E-state index contributed by atoms with van der Waals surface area (Å²) in [5.41, 5.74) is 4.67. The first-order valence-electron chi connectivity index (χ1n) is 13.0. The first-order valence-corrected chi connectivity index (χ1v) is 14.2. The number of aromatic nitrogens is 2. The predicted molar refractivity (Wildman–Crippen MR) is 159 cm³/mol. The van der Waals surface area contributed by atoms with Gasteiger partial charge in [-0.05, 0) is 88.2 Å². The van der Waals surface area contributed by atoms with Gasteiger partial charge in [0.25, 0.3) is 5.56 Å². The summed E-state index contributed by atoms with van der Waals surface area (Å²) in [5, 5.41) is 9.98. The maximum absolute atomic E-state index is 14.0. The molecule has 1 N–H and O–H groups in total. The number of allylic oxidation sites excluding steroid dienone is 1. The molecular weight excluding hydrogens is 562 g/mol. The molecule has 1 aliphatic rings. The van der Waals surface area contributed by atoms with Crippen LogP contribution in [0.1, 0.15) is 59.7 Å². The number of carbonyl (C=O) groups is 2. The zero-order valence-corrected chi connectivity index (χ0v) is 24.7. The van der Waals surface area contributed by atoms with E-state index in [1.54, 1.807) is 67.8 Å². The Hall–Kier alpha value is -4.21. The number of hydrogen-bond acceptors (Lipinski definition) is 6. The minimum atomic E-state index is -1.00. The topological polar surface area (TPSA) is 103 Å². The fraction of sp³-hybridized carbons (Fsp3) is 0.226. The largest absolute Gasteiger partial charge is 0.478 e. The van der Waals surface area contributed by atoms with Crippen LogP contribution in [0.4, 0.5) is 0 Å². The molecule has 0 bridgehead atoms. The molecule has 0 radical (unpaired) electrons. The fourth-order valence-electron chi connectivity index (χ4n) is 5.07. The molecule has 0 fully saturated rings. The minimum Gasteiger partial charge on any atom is -0.478 e. The van der Waals surface area contributed by atoms with E-state index in [1.165, 1.54) is 11.3 Å². The summed E-state index contributed by atoms with van der Waals surface area (Å²) in [4.78, 5) is 43.9. The molecular formula is C31H28ClN3O5S. The van der Waals surface area contributed by atoms with Crippen LogP contribution in [0.5, 0.6) is 0 Å². The summed E-state index contributed by atoms with van der Waals surface area (Å²) in [7, 11) is 0. The minimum absolute atomic E-state index is 0.189. The molecule has 0 saturated heterocycles. The third-order valence-corrected chi connectivity index (χ3v) is 8.11. The van der Waals surface area contributed by atoms with Crippen LogP contribution in [0, 0.1) is 13.8 Å². The fourth-order valence-corrected chi connectivity index (χ4v) is 6.23. The van der Waals surface area contributed by atoms with Crippen molar-refractivity contribution in [3.8, 4) is 5.69 Å². The van der Waals surface area contributed by atoms with Crippen LogP contribution in [0.2, 0.25) is 5.02 Å². The van der Waals surface area contributed by atoms with E-state index >= 15 is 0 Å². The maximum Gasteiger partial charge on any atom is 0.338 e. The smallest absolute Gasteiger partial charge is 0.338 e. The van der Waals surface area contributed by atoms with Crippen molar-refractivity contribution >= 4 is 41.0 Å². The van der Waals surface area contributed by atoms with E-state index in [-0.39, 0.29) is 17.2 Å². The van der Waals surface area contributed by atoms with Crippen LogP contribution in [0.15, 0.2) is 75.7 Å². The van der Waals surface area contributed by atoms with Gasteiger partial charge in [0.1, 0.15) is 0 Å². The number of aryl methyl sites for hydroxylation is 1. The van der Waals surface area contributed by atoms with Gasteiger partial charge in [0, 0.05) is 22.1 Å².